The van der Waals surface area contributed by atoms with Gasteiger partial charge in [-0.1, -0.05) is 33.3 Å². The highest BCUT2D eigenvalue weighted by Crippen LogP contribution is 2.21. The Kier molecular flexibility index (Phi) is 6.63. The van der Waals surface area contributed by atoms with Crippen molar-refractivity contribution in [3.05, 3.63) is 57.0 Å². The molecule has 0 atom stereocenters. The van der Waals surface area contributed by atoms with Gasteiger partial charge in [-0.05, 0) is 41.0 Å². The Hall–Kier alpha value is -3.76. The average Bonchev–Trinajstić information content (AvgIpc) is 3.28. The molecule has 164 valence electrons. The number of hydrogen-bond donors (Lipinski definition) is 2. The average molecular weight is 426 g/mol. The van der Waals surface area contributed by atoms with E-state index in [0.717, 1.165) is 6.42 Å². The van der Waals surface area contributed by atoms with Gasteiger partial charge in [-0.3, -0.25) is 19.1 Å². The highest BCUT2D eigenvalue weighted by Gasteiger charge is 2.25. The number of nitrogens with two attached hydrogens (primary N) is 1. The van der Waals surface area contributed by atoms with Crippen LogP contribution in [-0.2, 0) is 6.54 Å². The van der Waals surface area contributed by atoms with Crippen LogP contribution in [0.15, 0.2) is 40.2 Å². The second-order valence-corrected chi connectivity index (χ2v) is 7.61. The van der Waals surface area contributed by atoms with E-state index in [9.17, 15) is 14.4 Å². The van der Waals surface area contributed by atoms with E-state index in [2.05, 4.69) is 20.5 Å². The molecule has 0 unspecified atom stereocenters. The van der Waals surface area contributed by atoms with E-state index in [0.29, 0.717) is 24.2 Å². The number of tetrazole rings is 1. The summed E-state index contributed by atoms with van der Waals surface area (Å²) in [5.74, 6) is -0.314. The van der Waals surface area contributed by atoms with Crippen molar-refractivity contribution in [1.29, 1.82) is 0 Å². The highest BCUT2D eigenvalue weighted by molar-refractivity contribution is 6.07. The predicted molar refractivity (Wildman–Crippen MR) is 116 cm³/mol. The first-order valence-electron chi connectivity index (χ1n) is 10.1. The molecule has 0 radical (unpaired) electrons. The maximum Gasteiger partial charge on any atom is 0.330 e. The fraction of sp³-hybridized carbons (Fsp3) is 0.400. The quantitative estimate of drug-likeness (QED) is 0.550. The molecule has 0 saturated heterocycles. The zero-order chi connectivity index (χ0) is 22.5. The normalized spacial score (nSPS) is 11.1. The zero-order valence-corrected chi connectivity index (χ0v) is 17.8. The van der Waals surface area contributed by atoms with E-state index >= 15 is 0 Å². The Bertz CT molecular complexity index is 1160. The Labute approximate surface area is 178 Å². The fourth-order valence-electron chi connectivity index (χ4n) is 3.23. The van der Waals surface area contributed by atoms with Crippen LogP contribution in [0, 0.1) is 5.92 Å². The number of hydrogen-bond acceptors (Lipinski definition) is 7. The van der Waals surface area contributed by atoms with Crippen LogP contribution in [0.1, 0.15) is 44.0 Å². The standard InChI is InChI=1S/C20H26N8O3/c1-4-5-9-26(16-17(21)27(11-13(2)3)20(31)23-18(16)29)19(30)14-7-6-8-15(10-14)28-12-22-24-25-28/h6-8,10,12-13H,4-5,9,11,21H2,1-3H3,(H,23,29,31). The Balaban J connectivity index is 2.09. The Morgan fingerprint density at radius 3 is 2.71 bits per heavy atom. The maximum atomic E-state index is 13.5. The summed E-state index contributed by atoms with van der Waals surface area (Å²) in [6, 6.07) is 6.73. The number of nitrogen functional groups attached to an aromatic ring is 1. The molecule has 3 aromatic rings. The number of aromatic nitrogens is 6. The van der Waals surface area contributed by atoms with Gasteiger partial charge < -0.3 is 10.6 Å². The summed E-state index contributed by atoms with van der Waals surface area (Å²) in [4.78, 5) is 42.1. The third-order valence-electron chi connectivity index (χ3n) is 4.72. The minimum absolute atomic E-state index is 0.0217. The first kappa shape index (κ1) is 21.9. The number of unbranched alkanes of at least 4 members (excludes halogenated alkanes) is 1. The predicted octanol–water partition coefficient (Wildman–Crippen LogP) is 1.20. The molecular formula is C20H26N8O3. The van der Waals surface area contributed by atoms with Gasteiger partial charge in [-0.2, -0.15) is 0 Å². The number of rotatable bonds is 8. The fourth-order valence-corrected chi connectivity index (χ4v) is 3.23. The van der Waals surface area contributed by atoms with Gasteiger partial charge in [0.05, 0.1) is 5.69 Å². The summed E-state index contributed by atoms with van der Waals surface area (Å²) in [6.45, 7) is 6.44. The number of nitrogens with one attached hydrogen (secondary N) is 1. The summed E-state index contributed by atoms with van der Waals surface area (Å²) >= 11 is 0. The van der Waals surface area contributed by atoms with Crippen LogP contribution >= 0.6 is 0 Å². The van der Waals surface area contributed by atoms with Crippen LogP contribution in [0.3, 0.4) is 0 Å². The van der Waals surface area contributed by atoms with Gasteiger partial charge in [0.15, 0.2) is 5.69 Å². The van der Waals surface area contributed by atoms with Crippen LogP contribution in [0.25, 0.3) is 5.69 Å². The molecule has 0 spiro atoms. The molecule has 0 fully saturated rings. The number of benzene rings is 1. The van der Waals surface area contributed by atoms with Gasteiger partial charge in [0.1, 0.15) is 12.1 Å². The van der Waals surface area contributed by atoms with Crippen LogP contribution in [0.2, 0.25) is 0 Å². The Morgan fingerprint density at radius 2 is 2.06 bits per heavy atom. The molecule has 31 heavy (non-hydrogen) atoms. The van der Waals surface area contributed by atoms with Crippen LogP contribution < -0.4 is 21.9 Å². The molecule has 2 heterocycles. The molecule has 2 aromatic heterocycles. The first-order chi connectivity index (χ1) is 14.8. The SMILES string of the molecule is CCCCN(C(=O)c1cccc(-n2cnnn2)c1)c1c(N)n(CC(C)C)c(=O)[nH]c1=O. The maximum absolute atomic E-state index is 13.5. The molecule has 3 N–H and O–H groups in total. The van der Waals surface area contributed by atoms with Crippen molar-refractivity contribution in [2.75, 3.05) is 17.2 Å². The van der Waals surface area contributed by atoms with Crippen molar-refractivity contribution in [2.45, 2.75) is 40.2 Å². The van der Waals surface area contributed by atoms with Crippen molar-refractivity contribution in [1.82, 2.24) is 29.8 Å². The molecule has 11 heteroatoms. The summed E-state index contributed by atoms with van der Waals surface area (Å²) in [5, 5.41) is 11.0. The van der Waals surface area contributed by atoms with Crippen molar-refractivity contribution in [3.8, 4) is 5.69 Å². The number of H-pyrrole nitrogens is 1. The van der Waals surface area contributed by atoms with Crippen LogP contribution in [-0.4, -0.2) is 42.2 Å². The van der Waals surface area contributed by atoms with Gasteiger partial charge >= 0.3 is 5.69 Å². The highest BCUT2D eigenvalue weighted by atomic mass is 16.2. The molecule has 1 amide bonds. The molecule has 0 aliphatic rings. The lowest BCUT2D eigenvalue weighted by Gasteiger charge is -2.25. The molecule has 11 nitrogen and oxygen atoms in total. The van der Waals surface area contributed by atoms with Gasteiger partial charge in [-0.25, -0.2) is 9.48 Å². The van der Waals surface area contributed by atoms with Gasteiger partial charge in [0.2, 0.25) is 0 Å². The minimum atomic E-state index is -0.691. The van der Waals surface area contributed by atoms with E-state index in [-0.39, 0.29) is 24.0 Å². The van der Waals surface area contributed by atoms with E-state index < -0.39 is 17.2 Å². The first-order valence-corrected chi connectivity index (χ1v) is 10.1. The smallest absolute Gasteiger partial charge is 0.330 e. The lowest BCUT2D eigenvalue weighted by molar-refractivity contribution is 0.0986. The van der Waals surface area contributed by atoms with Crippen LogP contribution in [0.5, 0.6) is 0 Å². The van der Waals surface area contributed by atoms with Gasteiger partial charge in [0.25, 0.3) is 11.5 Å². The van der Waals surface area contributed by atoms with Gasteiger partial charge in [0, 0.05) is 18.7 Å². The van der Waals surface area contributed by atoms with Crippen LogP contribution in [0.4, 0.5) is 11.5 Å². The number of anilines is 2. The van der Waals surface area contributed by atoms with Crippen molar-refractivity contribution in [3.63, 3.8) is 0 Å². The summed E-state index contributed by atoms with van der Waals surface area (Å²) in [5.41, 5.74) is 5.87. The largest absolute Gasteiger partial charge is 0.383 e. The van der Waals surface area contributed by atoms with E-state index in [4.69, 9.17) is 5.73 Å². The summed E-state index contributed by atoms with van der Waals surface area (Å²) in [6.07, 6.45) is 2.88. The second kappa shape index (κ2) is 9.37. The Morgan fingerprint density at radius 1 is 1.29 bits per heavy atom. The minimum Gasteiger partial charge on any atom is -0.383 e. The van der Waals surface area contributed by atoms with E-state index in [1.54, 1.807) is 24.3 Å². The van der Waals surface area contributed by atoms with Crippen molar-refractivity contribution < 1.29 is 4.79 Å². The molecule has 0 aliphatic heterocycles. The topological polar surface area (TPSA) is 145 Å². The molecule has 1 aromatic carbocycles. The summed E-state index contributed by atoms with van der Waals surface area (Å²) in [7, 11) is 0. The van der Waals surface area contributed by atoms with E-state index in [1.807, 2.05) is 20.8 Å². The number of carbonyl (C=O) groups is 1. The molecular weight excluding hydrogens is 400 g/mol. The number of aromatic amines is 1. The zero-order valence-electron chi connectivity index (χ0n) is 17.8. The molecule has 0 saturated carbocycles. The number of nitrogens with zero attached hydrogens (tertiary/aromatic N) is 6. The lowest BCUT2D eigenvalue weighted by Crippen LogP contribution is -2.42. The second-order valence-electron chi connectivity index (χ2n) is 7.61. The lowest BCUT2D eigenvalue weighted by atomic mass is 10.1. The number of amides is 1. The third kappa shape index (κ3) is 4.71. The summed E-state index contributed by atoms with van der Waals surface area (Å²) < 4.78 is 2.72. The van der Waals surface area contributed by atoms with Crippen molar-refractivity contribution in [2.24, 2.45) is 5.92 Å². The van der Waals surface area contributed by atoms with Crippen molar-refractivity contribution >= 4 is 17.4 Å². The van der Waals surface area contributed by atoms with Gasteiger partial charge in [-0.15, -0.1) is 5.10 Å². The monoisotopic (exact) mass is 426 g/mol. The third-order valence-corrected chi connectivity index (χ3v) is 4.72. The number of carbonyl (C=O) groups excluding carboxylic acids is 1. The molecule has 0 bridgehead atoms. The van der Waals surface area contributed by atoms with E-state index in [1.165, 1.54) is 20.5 Å². The molecule has 3 rings (SSSR count). The molecule has 0 aliphatic carbocycles.